The normalized spacial score (nSPS) is 10.8. The van der Waals surface area contributed by atoms with E-state index < -0.39 is 18.8 Å². The quantitative estimate of drug-likeness (QED) is 0.352. The summed E-state index contributed by atoms with van der Waals surface area (Å²) < 4.78 is 9.92. The Bertz CT molecular complexity index is 136. The van der Waals surface area contributed by atoms with Gasteiger partial charge in [-0.2, -0.15) is 0 Å². The maximum atomic E-state index is 10.7. The first-order chi connectivity index (χ1) is 5.16. The summed E-state index contributed by atoms with van der Waals surface area (Å²) in [6, 6.07) is 0.456. The zero-order chi connectivity index (χ0) is 8.69. The van der Waals surface area contributed by atoms with Gasteiger partial charge in [-0.05, 0) is 13.1 Å². The van der Waals surface area contributed by atoms with E-state index in [1.54, 1.807) is 0 Å². The zero-order valence-corrected chi connectivity index (χ0v) is 9.57. The fraction of sp³-hybridized carbons (Fsp3) is 0.500. The lowest BCUT2D eigenvalue weighted by atomic mass is 10.8. The number of ether oxygens (including phenoxy) is 1. The summed E-state index contributed by atoms with van der Waals surface area (Å²) in [5.74, 6) is -0.221. The van der Waals surface area contributed by atoms with Gasteiger partial charge in [-0.3, -0.25) is 4.79 Å². The molecule has 0 aromatic rings. The summed E-state index contributed by atoms with van der Waals surface area (Å²) in [5, 5.41) is 0. The van der Waals surface area contributed by atoms with Gasteiger partial charge in [0.15, 0.2) is 18.8 Å². The summed E-state index contributed by atoms with van der Waals surface area (Å²) in [7, 11) is -1.59. The van der Waals surface area contributed by atoms with Crippen molar-refractivity contribution in [2.45, 2.75) is 19.1 Å². The van der Waals surface area contributed by atoms with Crippen LogP contribution in [0.5, 0.6) is 0 Å². The second kappa shape index (κ2) is 6.32. The molecule has 0 aromatic heterocycles. The van der Waals surface area contributed by atoms with E-state index in [0.717, 1.165) is 6.26 Å². The molecule has 0 aromatic carbocycles. The topological polar surface area (TPSA) is 35.5 Å². The molecule has 64 valence electrons. The van der Waals surface area contributed by atoms with Crippen LogP contribution in [-0.2, 0) is 13.6 Å². The highest BCUT2D eigenvalue weighted by Crippen LogP contribution is 1.89. The van der Waals surface area contributed by atoms with Crippen molar-refractivity contribution in [3.05, 3.63) is 12.8 Å². The number of esters is 1. The van der Waals surface area contributed by atoms with Gasteiger partial charge >= 0.3 is 5.97 Å². The second-order valence-electron chi connectivity index (χ2n) is 2.33. The summed E-state index contributed by atoms with van der Waals surface area (Å²) in [6.07, 6.45) is 1.16. The molecular weight excluding hydrogens is 176 g/mol. The van der Waals surface area contributed by atoms with Crippen LogP contribution in [0.25, 0.3) is 0 Å². The van der Waals surface area contributed by atoms with Crippen LogP contribution < -0.4 is 0 Å². The Hall–Kier alpha value is -0.396. The summed E-state index contributed by atoms with van der Waals surface area (Å²) in [6.45, 7) is 7.46. The van der Waals surface area contributed by atoms with Crippen LogP contribution in [-0.4, -0.2) is 24.8 Å². The Labute approximate surface area is 71.1 Å². The van der Waals surface area contributed by atoms with Gasteiger partial charge in [-0.1, -0.05) is 6.58 Å². The number of carbonyl (C=O) groups is 1. The molecule has 0 atom stereocenters. The smallest absolute Gasteiger partial charge is 0.309 e. The van der Waals surface area contributed by atoms with Crippen molar-refractivity contribution in [2.75, 3.05) is 0 Å². The molecule has 11 heavy (non-hydrogen) atoms. The lowest BCUT2D eigenvalue weighted by Gasteiger charge is -2.04. The van der Waals surface area contributed by atoms with E-state index in [2.05, 4.69) is 24.4 Å². The largest absolute Gasteiger partial charge is 0.462 e. The molecule has 0 saturated heterocycles. The highest BCUT2D eigenvalue weighted by Gasteiger charge is 2.02. The number of hydrogen-bond acceptors (Lipinski definition) is 3. The van der Waals surface area contributed by atoms with Crippen LogP contribution in [0.1, 0.15) is 0 Å². The van der Waals surface area contributed by atoms with Gasteiger partial charge in [-0.25, -0.2) is 0 Å². The molecule has 0 fully saturated rings. The first-order valence-electron chi connectivity index (χ1n) is 3.58. The lowest BCUT2D eigenvalue weighted by Crippen LogP contribution is -2.14. The molecule has 0 unspecified atom stereocenters. The van der Waals surface area contributed by atoms with Gasteiger partial charge in [-0.15, -0.1) is 0 Å². The molecule has 5 heteroatoms. The highest BCUT2D eigenvalue weighted by molar-refractivity contribution is 6.57. The van der Waals surface area contributed by atoms with Crippen molar-refractivity contribution in [2.24, 2.45) is 0 Å². The molecular formula is C6H14O3Si2. The van der Waals surface area contributed by atoms with Crippen LogP contribution in [0, 0.1) is 0 Å². The van der Waals surface area contributed by atoms with Gasteiger partial charge in [0.1, 0.15) is 0 Å². The molecule has 0 radical (unpaired) electrons. The van der Waals surface area contributed by atoms with Crippen LogP contribution in [0.2, 0.25) is 19.1 Å². The minimum absolute atomic E-state index is 0.221. The molecule has 0 amide bonds. The first-order valence-corrected chi connectivity index (χ1v) is 7.94. The van der Waals surface area contributed by atoms with Crippen LogP contribution in [0.4, 0.5) is 0 Å². The summed E-state index contributed by atoms with van der Waals surface area (Å²) >= 11 is 0. The molecule has 0 spiro atoms. The Morgan fingerprint density at radius 2 is 2.36 bits per heavy atom. The van der Waals surface area contributed by atoms with Crippen molar-refractivity contribution in [1.82, 2.24) is 0 Å². The van der Waals surface area contributed by atoms with Crippen molar-refractivity contribution in [1.29, 1.82) is 0 Å². The Balaban J connectivity index is 3.24. The Kier molecular flexibility index (Phi) is 6.09. The average Bonchev–Trinajstić information content (AvgIpc) is 1.87. The van der Waals surface area contributed by atoms with Gasteiger partial charge in [0.05, 0.1) is 12.3 Å². The number of rotatable bonds is 5. The van der Waals surface area contributed by atoms with E-state index in [-0.39, 0.29) is 5.97 Å². The van der Waals surface area contributed by atoms with Crippen molar-refractivity contribution in [3.8, 4) is 0 Å². The lowest BCUT2D eigenvalue weighted by molar-refractivity contribution is -0.135. The van der Waals surface area contributed by atoms with Gasteiger partial charge in [0, 0.05) is 0 Å². The van der Waals surface area contributed by atoms with Crippen LogP contribution >= 0.6 is 0 Å². The van der Waals surface area contributed by atoms with Gasteiger partial charge < -0.3 is 8.85 Å². The van der Waals surface area contributed by atoms with Crippen molar-refractivity contribution >= 4 is 24.8 Å². The molecule has 0 bridgehead atoms. The molecule has 0 rings (SSSR count). The van der Waals surface area contributed by atoms with Gasteiger partial charge in [0.25, 0.3) is 0 Å². The fourth-order valence-corrected chi connectivity index (χ4v) is 3.17. The highest BCUT2D eigenvalue weighted by atomic mass is 28.3. The fourth-order valence-electron chi connectivity index (χ4n) is 0.530. The standard InChI is InChI=1S/C6H14O3Si2/c1-4-8-6(7)5-10-9-11(2)3/h4,11H,1,5,10H2,2-3H3. The SMILES string of the molecule is C=COC(=O)C[SiH2]O[SiH](C)C. The molecule has 0 aliphatic carbocycles. The van der Waals surface area contributed by atoms with Crippen molar-refractivity contribution < 1.29 is 13.6 Å². The third-order valence-corrected chi connectivity index (χ3v) is 5.19. The minimum atomic E-state index is -0.921. The molecule has 0 heterocycles. The van der Waals surface area contributed by atoms with E-state index in [0.29, 0.717) is 6.04 Å². The molecule has 0 aliphatic heterocycles. The Morgan fingerprint density at radius 3 is 2.82 bits per heavy atom. The number of hydrogen-bond donors (Lipinski definition) is 0. The molecule has 0 aliphatic rings. The van der Waals surface area contributed by atoms with Crippen LogP contribution in [0.3, 0.4) is 0 Å². The average molecular weight is 190 g/mol. The third kappa shape index (κ3) is 7.50. The van der Waals surface area contributed by atoms with E-state index in [1.807, 2.05) is 0 Å². The van der Waals surface area contributed by atoms with E-state index in [4.69, 9.17) is 4.12 Å². The van der Waals surface area contributed by atoms with E-state index in [1.165, 1.54) is 0 Å². The Morgan fingerprint density at radius 1 is 1.73 bits per heavy atom. The maximum absolute atomic E-state index is 10.7. The third-order valence-electron chi connectivity index (χ3n) is 0.972. The monoisotopic (exact) mass is 190 g/mol. The molecule has 0 N–H and O–H groups in total. The van der Waals surface area contributed by atoms with Crippen LogP contribution in [0.15, 0.2) is 12.8 Å². The summed E-state index contributed by atoms with van der Waals surface area (Å²) in [5.41, 5.74) is 0. The van der Waals surface area contributed by atoms with Gasteiger partial charge in [0.2, 0.25) is 0 Å². The predicted octanol–water partition coefficient (Wildman–Crippen LogP) is 0.175. The zero-order valence-electron chi connectivity index (χ0n) is 7.00. The minimum Gasteiger partial charge on any atom is -0.462 e. The molecule has 0 saturated carbocycles. The number of carbonyl (C=O) groups excluding carboxylic acids is 1. The maximum Gasteiger partial charge on any atom is 0.309 e. The summed E-state index contributed by atoms with van der Waals surface area (Å²) in [4.78, 5) is 10.7. The second-order valence-corrected chi connectivity index (χ2v) is 6.67. The predicted molar refractivity (Wildman–Crippen MR) is 49.6 cm³/mol. The van der Waals surface area contributed by atoms with Crippen molar-refractivity contribution in [3.63, 3.8) is 0 Å². The molecule has 3 nitrogen and oxygen atoms in total. The van der Waals surface area contributed by atoms with E-state index in [9.17, 15) is 4.79 Å². The first kappa shape index (κ1) is 10.6. The van der Waals surface area contributed by atoms with E-state index >= 15 is 0 Å².